The Bertz CT molecular complexity index is 670. The van der Waals surface area contributed by atoms with Gasteiger partial charge in [0.2, 0.25) is 0 Å². The number of hydrogen-bond donors (Lipinski definition) is 0. The Morgan fingerprint density at radius 2 is 2.05 bits per heavy atom. The van der Waals surface area contributed by atoms with Crippen LogP contribution >= 0.6 is 11.6 Å². The van der Waals surface area contributed by atoms with Crippen molar-refractivity contribution in [2.24, 2.45) is 0 Å². The molecule has 0 aliphatic carbocycles. The number of hydrogen-bond acceptors (Lipinski definition) is 2. The number of para-hydroxylation sites is 1. The molecule has 0 aromatic heterocycles. The van der Waals surface area contributed by atoms with Crippen LogP contribution in [0.25, 0.3) is 0 Å². The van der Waals surface area contributed by atoms with Crippen molar-refractivity contribution in [2.45, 2.75) is 31.7 Å². The summed E-state index contributed by atoms with van der Waals surface area (Å²) in [5, 5.41) is -0.0940. The van der Waals surface area contributed by atoms with Crippen LogP contribution in [0.4, 0.5) is 5.69 Å². The van der Waals surface area contributed by atoms with Gasteiger partial charge in [0, 0.05) is 23.8 Å². The Balaban J connectivity index is 1.86. The van der Waals surface area contributed by atoms with Crippen molar-refractivity contribution in [3.63, 3.8) is 0 Å². The number of ether oxygens (including phenoxy) is 1. The molecule has 0 N–H and O–H groups in total. The summed E-state index contributed by atoms with van der Waals surface area (Å²) in [6.45, 7) is 5.14. The predicted molar refractivity (Wildman–Crippen MR) is 93.3 cm³/mol. The maximum absolute atomic E-state index is 6.75. The monoisotopic (exact) mass is 315 g/mol. The predicted octanol–water partition coefficient (Wildman–Crippen LogP) is 4.73. The van der Waals surface area contributed by atoms with Crippen LogP contribution in [-0.2, 0) is 6.42 Å². The number of rotatable bonds is 4. The number of nitrogens with zero attached hydrogens (tertiary/aromatic N) is 1. The average Bonchev–Trinajstić information content (AvgIpc) is 2.83. The third-order valence-corrected chi connectivity index (χ3v) is 4.80. The van der Waals surface area contributed by atoms with Gasteiger partial charge in [-0.15, -0.1) is 11.6 Å². The summed E-state index contributed by atoms with van der Waals surface area (Å²) in [7, 11) is 1.70. The summed E-state index contributed by atoms with van der Waals surface area (Å²) in [6, 6.07) is 15.3. The highest BCUT2D eigenvalue weighted by Gasteiger charge is 2.28. The molecule has 0 saturated heterocycles. The lowest BCUT2D eigenvalue weighted by atomic mass is 10.1. The fourth-order valence-electron chi connectivity index (χ4n) is 3.28. The number of fused-ring (bicyclic) bond motifs is 1. The van der Waals surface area contributed by atoms with E-state index in [0.717, 1.165) is 24.3 Å². The molecule has 2 atom stereocenters. The molecule has 3 heteroatoms. The molecule has 0 saturated carbocycles. The summed E-state index contributed by atoms with van der Waals surface area (Å²) in [4.78, 5) is 2.41. The van der Waals surface area contributed by atoms with Crippen molar-refractivity contribution in [3.8, 4) is 5.75 Å². The normalized spacial score (nSPS) is 18.2. The molecule has 0 radical (unpaired) electrons. The summed E-state index contributed by atoms with van der Waals surface area (Å²) >= 11 is 6.75. The lowest BCUT2D eigenvalue weighted by Gasteiger charge is -2.28. The Hall–Kier alpha value is -1.67. The molecule has 3 rings (SSSR count). The van der Waals surface area contributed by atoms with E-state index in [9.17, 15) is 0 Å². The number of anilines is 1. The third kappa shape index (κ3) is 2.80. The van der Waals surface area contributed by atoms with Gasteiger partial charge >= 0.3 is 0 Å². The van der Waals surface area contributed by atoms with Gasteiger partial charge in [-0.05, 0) is 38.0 Å². The zero-order valence-corrected chi connectivity index (χ0v) is 14.1. The maximum Gasteiger partial charge on any atom is 0.123 e. The van der Waals surface area contributed by atoms with E-state index in [4.69, 9.17) is 16.3 Å². The molecular formula is C19H22ClNO. The Morgan fingerprint density at radius 1 is 1.27 bits per heavy atom. The molecule has 22 heavy (non-hydrogen) atoms. The van der Waals surface area contributed by atoms with Crippen LogP contribution in [0, 0.1) is 6.92 Å². The summed E-state index contributed by atoms with van der Waals surface area (Å²) in [6.07, 6.45) is 1.09. The average molecular weight is 316 g/mol. The highest BCUT2D eigenvalue weighted by Crippen LogP contribution is 2.37. The Morgan fingerprint density at radius 3 is 2.82 bits per heavy atom. The van der Waals surface area contributed by atoms with Crippen LogP contribution in [0.5, 0.6) is 5.75 Å². The molecule has 2 aromatic rings. The van der Waals surface area contributed by atoms with Crippen LogP contribution < -0.4 is 9.64 Å². The Labute approximate surface area is 137 Å². The van der Waals surface area contributed by atoms with Gasteiger partial charge in [0.1, 0.15) is 5.75 Å². The quantitative estimate of drug-likeness (QED) is 0.756. The fourth-order valence-corrected chi connectivity index (χ4v) is 3.60. The topological polar surface area (TPSA) is 12.5 Å². The first-order chi connectivity index (χ1) is 10.6. The molecule has 1 heterocycles. The van der Waals surface area contributed by atoms with Gasteiger partial charge in [-0.25, -0.2) is 0 Å². The minimum Gasteiger partial charge on any atom is -0.496 e. The minimum absolute atomic E-state index is 0.0940. The number of halogens is 1. The van der Waals surface area contributed by atoms with Crippen molar-refractivity contribution < 1.29 is 4.74 Å². The maximum atomic E-state index is 6.75. The number of methoxy groups -OCH3 is 1. The van der Waals surface area contributed by atoms with Crippen LogP contribution in [0.3, 0.4) is 0 Å². The first kappa shape index (κ1) is 15.2. The molecule has 2 nitrogen and oxygen atoms in total. The number of benzene rings is 2. The van der Waals surface area contributed by atoms with Crippen molar-refractivity contribution >= 4 is 17.3 Å². The van der Waals surface area contributed by atoms with E-state index in [1.165, 1.54) is 16.8 Å². The zero-order chi connectivity index (χ0) is 15.7. The van der Waals surface area contributed by atoms with Crippen molar-refractivity contribution in [2.75, 3.05) is 18.6 Å². The van der Waals surface area contributed by atoms with Gasteiger partial charge in [0.25, 0.3) is 0 Å². The second-order valence-corrected chi connectivity index (χ2v) is 6.57. The smallest absolute Gasteiger partial charge is 0.123 e. The molecule has 1 aliphatic rings. The molecule has 2 aromatic carbocycles. The van der Waals surface area contributed by atoms with Gasteiger partial charge in [-0.1, -0.05) is 35.9 Å². The van der Waals surface area contributed by atoms with Crippen molar-refractivity contribution in [3.05, 3.63) is 59.2 Å². The SMILES string of the molecule is COc1ccc(C)cc1C(Cl)CN1c2ccccc2CC1C. The first-order valence-electron chi connectivity index (χ1n) is 7.73. The molecule has 0 amide bonds. The molecule has 0 bridgehead atoms. The van der Waals surface area contributed by atoms with Gasteiger partial charge in [-0.3, -0.25) is 0 Å². The largest absolute Gasteiger partial charge is 0.496 e. The molecule has 116 valence electrons. The fraction of sp³-hybridized carbons (Fsp3) is 0.368. The summed E-state index contributed by atoms with van der Waals surface area (Å²) in [5.41, 5.74) is 5.00. The number of aryl methyl sites for hydroxylation is 1. The molecule has 0 fully saturated rings. The lowest BCUT2D eigenvalue weighted by molar-refractivity contribution is 0.408. The lowest BCUT2D eigenvalue weighted by Crippen LogP contribution is -2.32. The molecular weight excluding hydrogens is 294 g/mol. The van der Waals surface area contributed by atoms with E-state index in [1.54, 1.807) is 7.11 Å². The van der Waals surface area contributed by atoms with Gasteiger partial charge < -0.3 is 9.64 Å². The Kier molecular flexibility index (Phi) is 4.30. The minimum atomic E-state index is -0.0940. The van der Waals surface area contributed by atoms with Crippen LogP contribution in [0.2, 0.25) is 0 Å². The number of alkyl halides is 1. The second-order valence-electron chi connectivity index (χ2n) is 6.05. The van der Waals surface area contributed by atoms with Gasteiger partial charge in [0.15, 0.2) is 0 Å². The van der Waals surface area contributed by atoms with Crippen molar-refractivity contribution in [1.29, 1.82) is 0 Å². The van der Waals surface area contributed by atoms with Crippen LogP contribution in [0.1, 0.15) is 29.0 Å². The highest BCUT2D eigenvalue weighted by atomic mass is 35.5. The summed E-state index contributed by atoms with van der Waals surface area (Å²) in [5.74, 6) is 0.866. The van der Waals surface area contributed by atoms with Gasteiger partial charge in [-0.2, -0.15) is 0 Å². The molecule has 1 aliphatic heterocycles. The standard InChI is InChI=1S/C19H22ClNO/c1-13-8-9-19(22-3)16(10-13)17(20)12-21-14(2)11-15-6-4-5-7-18(15)21/h4-10,14,17H,11-12H2,1-3H3. The summed E-state index contributed by atoms with van der Waals surface area (Å²) < 4.78 is 5.48. The first-order valence-corrected chi connectivity index (χ1v) is 8.17. The van der Waals surface area contributed by atoms with E-state index in [0.29, 0.717) is 6.04 Å². The van der Waals surface area contributed by atoms with Crippen LogP contribution in [0.15, 0.2) is 42.5 Å². The van der Waals surface area contributed by atoms with E-state index >= 15 is 0 Å². The zero-order valence-electron chi connectivity index (χ0n) is 13.3. The molecule has 2 unspecified atom stereocenters. The van der Waals surface area contributed by atoms with Crippen LogP contribution in [-0.4, -0.2) is 19.7 Å². The molecule has 0 spiro atoms. The second kappa shape index (κ2) is 6.21. The van der Waals surface area contributed by atoms with E-state index < -0.39 is 0 Å². The van der Waals surface area contributed by atoms with Gasteiger partial charge in [0.05, 0.1) is 12.5 Å². The van der Waals surface area contributed by atoms with E-state index in [1.807, 2.05) is 6.07 Å². The van der Waals surface area contributed by atoms with Crippen molar-refractivity contribution in [1.82, 2.24) is 0 Å². The highest BCUT2D eigenvalue weighted by molar-refractivity contribution is 6.21. The van der Waals surface area contributed by atoms with E-state index in [-0.39, 0.29) is 5.38 Å². The van der Waals surface area contributed by atoms with E-state index in [2.05, 4.69) is 55.1 Å². The third-order valence-electron chi connectivity index (χ3n) is 4.43.